The maximum absolute atomic E-state index is 15.1. The fraction of sp³-hybridized carbons (Fsp3) is 0.700. The van der Waals surface area contributed by atoms with E-state index in [1.54, 1.807) is 4.90 Å². The summed E-state index contributed by atoms with van der Waals surface area (Å²) >= 11 is 5.99. The van der Waals surface area contributed by atoms with Crippen LogP contribution in [0.2, 0.25) is 5.28 Å². The largest absolute Gasteiger partial charge is 0.391 e. The SMILES string of the molecule is O=CN(O)CC(CC1CCCC1)C(=O)NNc1nc(Cl)nc(N2CC(O)C3(CC3)C2)c1F. The van der Waals surface area contributed by atoms with Gasteiger partial charge in [0.1, 0.15) is 0 Å². The first-order chi connectivity index (χ1) is 15.3. The molecule has 4 N–H and O–H groups in total. The molecule has 2 saturated carbocycles. The Morgan fingerprint density at radius 3 is 2.72 bits per heavy atom. The van der Waals surface area contributed by atoms with Gasteiger partial charge in [-0.1, -0.05) is 25.7 Å². The van der Waals surface area contributed by atoms with Crippen LogP contribution < -0.4 is 15.8 Å². The number of aliphatic hydroxyl groups is 1. The summed E-state index contributed by atoms with van der Waals surface area (Å²) in [6.07, 6.45) is 6.14. The van der Waals surface area contributed by atoms with Crippen molar-refractivity contribution in [2.24, 2.45) is 17.3 Å². The summed E-state index contributed by atoms with van der Waals surface area (Å²) in [6.45, 7) is 0.558. The van der Waals surface area contributed by atoms with Crippen LogP contribution in [-0.4, -0.2) is 63.4 Å². The summed E-state index contributed by atoms with van der Waals surface area (Å²) in [7, 11) is 0. The third kappa shape index (κ3) is 4.89. The molecular formula is C20H28ClFN6O4. The van der Waals surface area contributed by atoms with Gasteiger partial charge in [-0.05, 0) is 36.8 Å². The molecule has 2 atom stereocenters. The summed E-state index contributed by atoms with van der Waals surface area (Å²) < 4.78 is 15.1. The van der Waals surface area contributed by atoms with E-state index in [0.29, 0.717) is 23.9 Å². The lowest BCUT2D eigenvalue weighted by Crippen LogP contribution is -2.41. The highest BCUT2D eigenvalue weighted by molar-refractivity contribution is 6.28. The zero-order valence-electron chi connectivity index (χ0n) is 17.6. The van der Waals surface area contributed by atoms with E-state index < -0.39 is 23.7 Å². The summed E-state index contributed by atoms with van der Waals surface area (Å²) in [5.74, 6) is -1.96. The monoisotopic (exact) mass is 470 g/mol. The average Bonchev–Trinajstić information content (AvgIpc) is 3.23. The van der Waals surface area contributed by atoms with Crippen LogP contribution >= 0.6 is 11.6 Å². The van der Waals surface area contributed by atoms with Gasteiger partial charge in [0.05, 0.1) is 18.6 Å². The molecule has 1 spiro atoms. The van der Waals surface area contributed by atoms with Gasteiger partial charge >= 0.3 is 0 Å². The Morgan fingerprint density at radius 1 is 1.38 bits per heavy atom. The standard InChI is InChI=1S/C20H28ClFN6O4/c21-19-23-16(15(22)17(24-19)27-9-14(30)20(10-27)5-6-20)25-26-18(31)13(8-28(32)11-29)7-12-3-1-2-4-12/h11-14,30,32H,1-10H2,(H,26,31)(H,23,24,25). The Hall–Kier alpha value is -2.24. The highest BCUT2D eigenvalue weighted by Gasteiger charge is 2.55. The van der Waals surface area contributed by atoms with Crippen molar-refractivity contribution in [1.82, 2.24) is 20.5 Å². The number of rotatable bonds is 9. The Morgan fingerprint density at radius 2 is 2.09 bits per heavy atom. The van der Waals surface area contributed by atoms with Gasteiger partial charge in [0.2, 0.25) is 23.4 Å². The third-order valence-corrected chi connectivity index (χ3v) is 7.07. The van der Waals surface area contributed by atoms with Crippen molar-refractivity contribution >= 4 is 35.6 Å². The van der Waals surface area contributed by atoms with Crippen LogP contribution in [0.1, 0.15) is 44.9 Å². The number of hydroxylamine groups is 2. The van der Waals surface area contributed by atoms with Gasteiger partial charge in [-0.3, -0.25) is 25.6 Å². The molecule has 3 aliphatic rings. The van der Waals surface area contributed by atoms with E-state index in [1.807, 2.05) is 0 Å². The van der Waals surface area contributed by atoms with Gasteiger partial charge in [-0.25, -0.2) is 5.06 Å². The minimum absolute atomic E-state index is 0.0328. The molecule has 1 saturated heterocycles. The summed E-state index contributed by atoms with van der Waals surface area (Å²) in [6, 6.07) is 0. The number of nitrogens with one attached hydrogen (secondary N) is 2. The minimum atomic E-state index is -0.788. The van der Waals surface area contributed by atoms with E-state index >= 15 is 4.39 Å². The number of anilines is 2. The van der Waals surface area contributed by atoms with Crippen LogP contribution in [0.15, 0.2) is 0 Å². The smallest absolute Gasteiger partial charge is 0.243 e. The van der Waals surface area contributed by atoms with Crippen LogP contribution in [0.5, 0.6) is 0 Å². The second-order valence-electron chi connectivity index (χ2n) is 9.16. The first-order valence-electron chi connectivity index (χ1n) is 10.9. The maximum atomic E-state index is 15.1. The van der Waals surface area contributed by atoms with Gasteiger partial charge in [0, 0.05) is 18.5 Å². The minimum Gasteiger partial charge on any atom is -0.391 e. The number of carbonyl (C=O) groups is 2. The lowest BCUT2D eigenvalue weighted by Gasteiger charge is -2.23. The molecule has 12 heteroatoms. The molecule has 1 aliphatic heterocycles. The topological polar surface area (TPSA) is 131 Å². The predicted molar refractivity (Wildman–Crippen MR) is 113 cm³/mol. The number of amides is 2. The molecular weight excluding hydrogens is 443 g/mol. The molecule has 2 unspecified atom stereocenters. The van der Waals surface area contributed by atoms with Gasteiger partial charge in [-0.2, -0.15) is 14.4 Å². The number of hydrogen-bond acceptors (Lipinski definition) is 8. The predicted octanol–water partition coefficient (Wildman–Crippen LogP) is 1.72. The zero-order chi connectivity index (χ0) is 22.9. The second-order valence-corrected chi connectivity index (χ2v) is 9.50. The first-order valence-corrected chi connectivity index (χ1v) is 11.3. The van der Waals surface area contributed by atoms with E-state index in [-0.39, 0.29) is 41.8 Å². The first kappa shape index (κ1) is 22.9. The van der Waals surface area contributed by atoms with Crippen LogP contribution in [0.3, 0.4) is 0 Å². The van der Waals surface area contributed by atoms with Gasteiger partial charge in [-0.15, -0.1) is 0 Å². The Balaban J connectivity index is 1.44. The molecule has 10 nitrogen and oxygen atoms in total. The highest BCUT2D eigenvalue weighted by Crippen LogP contribution is 2.53. The molecule has 176 valence electrons. The van der Waals surface area contributed by atoms with Crippen molar-refractivity contribution in [1.29, 1.82) is 0 Å². The lowest BCUT2D eigenvalue weighted by molar-refractivity contribution is -0.154. The van der Waals surface area contributed by atoms with Crippen molar-refractivity contribution < 1.29 is 24.3 Å². The molecule has 0 aromatic carbocycles. The number of halogens is 2. The van der Waals surface area contributed by atoms with E-state index in [9.17, 15) is 19.9 Å². The number of hydrogen-bond donors (Lipinski definition) is 4. The Bertz CT molecular complexity index is 867. The normalized spacial score (nSPS) is 22.8. The molecule has 3 fully saturated rings. The van der Waals surface area contributed by atoms with E-state index in [4.69, 9.17) is 11.6 Å². The van der Waals surface area contributed by atoms with Gasteiger partial charge < -0.3 is 10.0 Å². The molecule has 32 heavy (non-hydrogen) atoms. The molecule has 2 heterocycles. The quantitative estimate of drug-likeness (QED) is 0.186. The molecule has 0 radical (unpaired) electrons. The Kier molecular flexibility index (Phi) is 6.68. The fourth-order valence-electron chi connectivity index (χ4n) is 4.87. The number of hydrazine groups is 1. The van der Waals surface area contributed by atoms with Gasteiger partial charge in [0.25, 0.3) is 0 Å². The number of β-amino-alcohol motifs (C(OH)–C–C–N with tert-alkyl or cyclic N) is 1. The van der Waals surface area contributed by atoms with Crippen LogP contribution in [0, 0.1) is 23.1 Å². The van der Waals surface area contributed by atoms with Crippen molar-refractivity contribution in [3.8, 4) is 0 Å². The van der Waals surface area contributed by atoms with Crippen LogP contribution in [-0.2, 0) is 9.59 Å². The molecule has 2 aliphatic carbocycles. The fourth-order valence-corrected chi connectivity index (χ4v) is 5.04. The zero-order valence-corrected chi connectivity index (χ0v) is 18.4. The van der Waals surface area contributed by atoms with E-state index in [2.05, 4.69) is 20.8 Å². The number of nitrogens with zero attached hydrogens (tertiary/aromatic N) is 4. The number of aromatic nitrogens is 2. The molecule has 1 aromatic heterocycles. The van der Waals surface area contributed by atoms with E-state index in [1.165, 1.54) is 0 Å². The molecule has 2 amide bonds. The number of aliphatic hydroxyl groups excluding tert-OH is 1. The lowest BCUT2D eigenvalue weighted by atomic mass is 9.92. The summed E-state index contributed by atoms with van der Waals surface area (Å²) in [4.78, 5) is 33.0. The molecule has 0 bridgehead atoms. The van der Waals surface area contributed by atoms with Crippen molar-refractivity contribution in [3.63, 3.8) is 0 Å². The highest BCUT2D eigenvalue weighted by atomic mass is 35.5. The van der Waals surface area contributed by atoms with Crippen LogP contribution in [0.4, 0.5) is 16.0 Å². The molecule has 4 rings (SSSR count). The second kappa shape index (κ2) is 9.32. The number of carbonyl (C=O) groups excluding carboxylic acids is 2. The van der Waals surface area contributed by atoms with Gasteiger partial charge in [0.15, 0.2) is 11.6 Å². The third-order valence-electron chi connectivity index (χ3n) is 6.90. The van der Waals surface area contributed by atoms with E-state index in [0.717, 1.165) is 38.5 Å². The Labute approximate surface area is 190 Å². The van der Waals surface area contributed by atoms with Crippen molar-refractivity contribution in [2.75, 3.05) is 30.0 Å². The molecule has 1 aromatic rings. The maximum Gasteiger partial charge on any atom is 0.243 e. The van der Waals surface area contributed by atoms with Crippen LogP contribution in [0.25, 0.3) is 0 Å². The van der Waals surface area contributed by atoms with Crippen molar-refractivity contribution in [2.45, 2.75) is 51.0 Å². The average molecular weight is 471 g/mol. The van der Waals surface area contributed by atoms with Crippen molar-refractivity contribution in [3.05, 3.63) is 11.1 Å². The summed E-state index contributed by atoms with van der Waals surface area (Å²) in [5, 5.41) is 20.1. The summed E-state index contributed by atoms with van der Waals surface area (Å²) in [5.41, 5.74) is 4.70.